The number of fused-ring (bicyclic) bond motifs is 1. The molecular weight excluding hydrogens is 340 g/mol. The third-order valence-electron chi connectivity index (χ3n) is 3.71. The van der Waals surface area contributed by atoms with Gasteiger partial charge in [-0.25, -0.2) is 18.7 Å². The van der Waals surface area contributed by atoms with E-state index in [1.807, 2.05) is 0 Å². The highest BCUT2D eigenvalue weighted by Crippen LogP contribution is 2.17. The Hall–Kier alpha value is -3.68. The van der Waals surface area contributed by atoms with E-state index in [-0.39, 0.29) is 11.2 Å². The van der Waals surface area contributed by atoms with Crippen LogP contribution in [0.15, 0.2) is 66.0 Å². The highest BCUT2D eigenvalue weighted by atomic mass is 19.1. The Morgan fingerprint density at radius 1 is 1.08 bits per heavy atom. The summed E-state index contributed by atoms with van der Waals surface area (Å²) in [4.78, 5) is 25.1. The van der Waals surface area contributed by atoms with Crippen molar-refractivity contribution in [3.8, 4) is 5.69 Å². The Balaban J connectivity index is 1.82. The molecule has 3 aromatic heterocycles. The molecule has 6 nitrogen and oxygen atoms in total. The molecule has 0 radical (unpaired) electrons. The van der Waals surface area contributed by atoms with Crippen molar-refractivity contribution >= 4 is 22.5 Å². The van der Waals surface area contributed by atoms with Gasteiger partial charge in [0.2, 0.25) is 0 Å². The second-order valence-corrected chi connectivity index (χ2v) is 5.45. The van der Waals surface area contributed by atoms with Crippen molar-refractivity contribution in [3.63, 3.8) is 0 Å². The standard InChI is InChI=1S/C18H11F2N5O/c19-11-3-5-15(13(20)8-11)25-10-22-14-4-6-16(24-17(14)18(25)26)23-12-2-1-7-21-9-12/h1-10H,(H,23,24). The zero-order chi connectivity index (χ0) is 18.1. The summed E-state index contributed by atoms with van der Waals surface area (Å²) in [7, 11) is 0. The van der Waals surface area contributed by atoms with Crippen LogP contribution in [0.25, 0.3) is 16.7 Å². The summed E-state index contributed by atoms with van der Waals surface area (Å²) in [6.07, 6.45) is 4.44. The van der Waals surface area contributed by atoms with Crippen LogP contribution in [0.2, 0.25) is 0 Å². The zero-order valence-electron chi connectivity index (χ0n) is 13.2. The summed E-state index contributed by atoms with van der Waals surface area (Å²) in [5, 5.41) is 3.03. The molecule has 4 rings (SSSR count). The van der Waals surface area contributed by atoms with Gasteiger partial charge in [-0.05, 0) is 36.4 Å². The number of aromatic nitrogens is 4. The molecule has 0 saturated carbocycles. The number of hydrogen-bond acceptors (Lipinski definition) is 5. The van der Waals surface area contributed by atoms with Gasteiger partial charge in [-0.3, -0.25) is 14.3 Å². The number of hydrogen-bond donors (Lipinski definition) is 1. The lowest BCUT2D eigenvalue weighted by molar-refractivity contribution is 0.576. The molecule has 0 aliphatic heterocycles. The smallest absolute Gasteiger partial charge is 0.284 e. The van der Waals surface area contributed by atoms with E-state index >= 15 is 0 Å². The number of pyridine rings is 2. The van der Waals surface area contributed by atoms with Crippen LogP contribution in [0.4, 0.5) is 20.3 Å². The molecule has 0 spiro atoms. The minimum Gasteiger partial charge on any atom is -0.339 e. The van der Waals surface area contributed by atoms with Crippen LogP contribution in [-0.2, 0) is 0 Å². The predicted molar refractivity (Wildman–Crippen MR) is 92.6 cm³/mol. The zero-order valence-corrected chi connectivity index (χ0v) is 13.2. The summed E-state index contributed by atoms with van der Waals surface area (Å²) in [6, 6.07) is 9.82. The van der Waals surface area contributed by atoms with E-state index in [1.165, 1.54) is 12.4 Å². The lowest BCUT2D eigenvalue weighted by atomic mass is 10.3. The summed E-state index contributed by atoms with van der Waals surface area (Å²) in [5.74, 6) is -1.17. The highest BCUT2D eigenvalue weighted by Gasteiger charge is 2.12. The molecule has 1 N–H and O–H groups in total. The summed E-state index contributed by atoms with van der Waals surface area (Å²) in [5.41, 5.74) is 0.470. The first kappa shape index (κ1) is 15.8. The van der Waals surface area contributed by atoms with Crippen LogP contribution < -0.4 is 10.9 Å². The lowest BCUT2D eigenvalue weighted by Crippen LogP contribution is -2.21. The molecule has 0 atom stereocenters. The largest absolute Gasteiger partial charge is 0.339 e. The molecular formula is C18H11F2N5O. The van der Waals surface area contributed by atoms with E-state index in [2.05, 4.69) is 20.3 Å². The van der Waals surface area contributed by atoms with Gasteiger partial charge in [-0.15, -0.1) is 0 Å². The molecule has 0 unspecified atom stereocenters. The predicted octanol–water partition coefficient (Wildman–Crippen LogP) is 3.20. The van der Waals surface area contributed by atoms with E-state index in [0.717, 1.165) is 10.6 Å². The molecule has 0 bridgehead atoms. The summed E-state index contributed by atoms with van der Waals surface area (Å²) >= 11 is 0. The van der Waals surface area contributed by atoms with Crippen molar-refractivity contribution in [1.29, 1.82) is 0 Å². The van der Waals surface area contributed by atoms with E-state index in [0.29, 0.717) is 23.1 Å². The Bertz CT molecular complexity index is 1160. The SMILES string of the molecule is O=c1c2nc(Nc3cccnc3)ccc2ncn1-c1ccc(F)cc1F. The summed E-state index contributed by atoms with van der Waals surface area (Å²) < 4.78 is 28.1. The minimum absolute atomic E-state index is 0.0603. The van der Waals surface area contributed by atoms with Gasteiger partial charge < -0.3 is 5.32 Å². The van der Waals surface area contributed by atoms with E-state index in [4.69, 9.17) is 0 Å². The number of nitrogens with one attached hydrogen (secondary N) is 1. The third-order valence-corrected chi connectivity index (χ3v) is 3.71. The molecule has 0 aliphatic rings. The topological polar surface area (TPSA) is 72.7 Å². The van der Waals surface area contributed by atoms with Crippen molar-refractivity contribution in [1.82, 2.24) is 19.5 Å². The fourth-order valence-electron chi connectivity index (χ4n) is 2.50. The quantitative estimate of drug-likeness (QED) is 0.614. The van der Waals surface area contributed by atoms with Gasteiger partial charge >= 0.3 is 0 Å². The Labute approximate surface area is 145 Å². The molecule has 0 saturated heterocycles. The van der Waals surface area contributed by atoms with Crippen LogP contribution in [0, 0.1) is 11.6 Å². The Kier molecular flexibility index (Phi) is 3.85. The third kappa shape index (κ3) is 2.88. The maximum atomic E-state index is 14.0. The van der Waals surface area contributed by atoms with E-state index in [1.54, 1.807) is 36.7 Å². The first-order valence-corrected chi connectivity index (χ1v) is 7.63. The fourth-order valence-corrected chi connectivity index (χ4v) is 2.50. The number of rotatable bonds is 3. The number of nitrogens with zero attached hydrogens (tertiary/aromatic N) is 4. The summed E-state index contributed by atoms with van der Waals surface area (Å²) in [6.45, 7) is 0. The van der Waals surface area contributed by atoms with Crippen molar-refractivity contribution < 1.29 is 8.78 Å². The van der Waals surface area contributed by atoms with Crippen molar-refractivity contribution in [2.24, 2.45) is 0 Å². The van der Waals surface area contributed by atoms with Crippen molar-refractivity contribution in [2.75, 3.05) is 5.32 Å². The van der Waals surface area contributed by atoms with Gasteiger partial charge in [0.1, 0.15) is 23.8 Å². The van der Waals surface area contributed by atoms with Crippen LogP contribution in [0.5, 0.6) is 0 Å². The van der Waals surface area contributed by atoms with Gasteiger partial charge in [0.05, 0.1) is 23.1 Å². The highest BCUT2D eigenvalue weighted by molar-refractivity contribution is 5.76. The Morgan fingerprint density at radius 3 is 2.73 bits per heavy atom. The van der Waals surface area contributed by atoms with Gasteiger partial charge in [0, 0.05) is 12.3 Å². The second kappa shape index (κ2) is 6.32. The van der Waals surface area contributed by atoms with Gasteiger partial charge in [0.15, 0.2) is 5.52 Å². The first-order chi connectivity index (χ1) is 12.6. The minimum atomic E-state index is -0.863. The molecule has 0 amide bonds. The van der Waals surface area contributed by atoms with Crippen LogP contribution in [-0.4, -0.2) is 19.5 Å². The molecule has 128 valence electrons. The molecule has 0 aliphatic carbocycles. The van der Waals surface area contributed by atoms with Crippen LogP contribution in [0.1, 0.15) is 0 Å². The van der Waals surface area contributed by atoms with E-state index < -0.39 is 17.2 Å². The monoisotopic (exact) mass is 351 g/mol. The maximum Gasteiger partial charge on any atom is 0.284 e. The molecule has 0 fully saturated rings. The van der Waals surface area contributed by atoms with Crippen molar-refractivity contribution in [2.45, 2.75) is 0 Å². The lowest BCUT2D eigenvalue weighted by Gasteiger charge is -2.09. The average molecular weight is 351 g/mol. The Morgan fingerprint density at radius 2 is 1.96 bits per heavy atom. The first-order valence-electron chi connectivity index (χ1n) is 7.63. The fraction of sp³-hybridized carbons (Fsp3) is 0. The normalized spacial score (nSPS) is 10.8. The molecule has 3 heterocycles. The maximum absolute atomic E-state index is 14.0. The average Bonchev–Trinajstić information content (AvgIpc) is 2.64. The van der Waals surface area contributed by atoms with Gasteiger partial charge in [0.25, 0.3) is 5.56 Å². The number of halogens is 2. The second-order valence-electron chi connectivity index (χ2n) is 5.45. The number of benzene rings is 1. The molecule has 8 heteroatoms. The molecule has 1 aromatic carbocycles. The number of anilines is 2. The van der Waals surface area contributed by atoms with Gasteiger partial charge in [-0.1, -0.05) is 0 Å². The molecule has 4 aromatic rings. The van der Waals surface area contributed by atoms with Crippen LogP contribution >= 0.6 is 0 Å². The van der Waals surface area contributed by atoms with Crippen molar-refractivity contribution in [3.05, 3.63) is 83.2 Å². The van der Waals surface area contributed by atoms with Crippen LogP contribution in [0.3, 0.4) is 0 Å². The molecule has 26 heavy (non-hydrogen) atoms. The van der Waals surface area contributed by atoms with Gasteiger partial charge in [-0.2, -0.15) is 0 Å². The van der Waals surface area contributed by atoms with E-state index in [9.17, 15) is 13.6 Å².